The van der Waals surface area contributed by atoms with Gasteiger partial charge in [0.25, 0.3) is 5.56 Å². The molecular formula is C19H17BrClN3O. The van der Waals surface area contributed by atoms with E-state index in [-0.39, 0.29) is 5.56 Å². The van der Waals surface area contributed by atoms with Crippen LogP contribution < -0.4 is 5.56 Å². The first-order chi connectivity index (χ1) is 11.9. The van der Waals surface area contributed by atoms with Crippen LogP contribution >= 0.6 is 27.5 Å². The lowest BCUT2D eigenvalue weighted by Crippen LogP contribution is -2.18. The van der Waals surface area contributed by atoms with Gasteiger partial charge in [0.2, 0.25) is 0 Å². The largest absolute Gasteiger partial charge is 0.295 e. The van der Waals surface area contributed by atoms with Gasteiger partial charge in [0, 0.05) is 16.4 Å². The molecule has 0 saturated heterocycles. The third-order valence-electron chi connectivity index (χ3n) is 3.95. The summed E-state index contributed by atoms with van der Waals surface area (Å²) in [5.41, 5.74) is 4.76. The number of nitrogens with one attached hydrogen (secondary N) is 1. The molecule has 2 aromatic carbocycles. The van der Waals surface area contributed by atoms with Gasteiger partial charge in [-0.05, 0) is 50.6 Å². The lowest BCUT2D eigenvalue weighted by atomic mass is 10.1. The molecule has 3 aromatic rings. The molecule has 0 spiro atoms. The Morgan fingerprint density at radius 3 is 2.60 bits per heavy atom. The van der Waals surface area contributed by atoms with Gasteiger partial charge in [-0.3, -0.25) is 14.9 Å². The molecular weight excluding hydrogens is 402 g/mol. The number of rotatable bonds is 3. The summed E-state index contributed by atoms with van der Waals surface area (Å²) in [5, 5.41) is 3.64. The SMILES string of the molecule is Cc1ccc(-n2[nH]c(C)c(C=Nc3ccc(Br)cc3Cl)c2=O)c(C)c1. The van der Waals surface area contributed by atoms with Crippen molar-refractivity contribution < 1.29 is 0 Å². The Morgan fingerprint density at radius 1 is 1.16 bits per heavy atom. The van der Waals surface area contributed by atoms with E-state index >= 15 is 0 Å². The minimum Gasteiger partial charge on any atom is -0.295 e. The van der Waals surface area contributed by atoms with Gasteiger partial charge in [-0.15, -0.1) is 0 Å². The van der Waals surface area contributed by atoms with Crippen LogP contribution in [0.1, 0.15) is 22.4 Å². The zero-order valence-corrected chi connectivity index (χ0v) is 16.4. The van der Waals surface area contributed by atoms with Crippen molar-refractivity contribution in [3.8, 4) is 5.69 Å². The Labute approximate surface area is 159 Å². The molecule has 0 amide bonds. The fourth-order valence-electron chi connectivity index (χ4n) is 2.66. The highest BCUT2D eigenvalue weighted by Gasteiger charge is 2.12. The molecule has 128 valence electrons. The summed E-state index contributed by atoms with van der Waals surface area (Å²) in [6.45, 7) is 5.87. The van der Waals surface area contributed by atoms with E-state index in [4.69, 9.17) is 11.6 Å². The minimum absolute atomic E-state index is 0.138. The van der Waals surface area contributed by atoms with Gasteiger partial charge in [-0.2, -0.15) is 0 Å². The van der Waals surface area contributed by atoms with Crippen molar-refractivity contribution in [2.24, 2.45) is 4.99 Å². The molecule has 1 N–H and O–H groups in total. The third kappa shape index (κ3) is 3.62. The Balaban J connectivity index is 2.03. The summed E-state index contributed by atoms with van der Waals surface area (Å²) in [7, 11) is 0. The molecule has 0 bridgehead atoms. The number of aromatic amines is 1. The highest BCUT2D eigenvalue weighted by atomic mass is 79.9. The standard InChI is InChI=1S/C19H17BrClN3O/c1-11-4-7-18(12(2)8-11)24-19(25)15(13(3)23-24)10-22-17-6-5-14(20)9-16(17)21/h4-10,23H,1-3H3. The van der Waals surface area contributed by atoms with Crippen molar-refractivity contribution in [3.63, 3.8) is 0 Å². The molecule has 0 unspecified atom stereocenters. The predicted molar refractivity (Wildman–Crippen MR) is 107 cm³/mol. The molecule has 0 fully saturated rings. The average molecular weight is 419 g/mol. The maximum Gasteiger partial charge on any atom is 0.280 e. The molecule has 3 rings (SSSR count). The van der Waals surface area contributed by atoms with Gasteiger partial charge in [0.1, 0.15) is 0 Å². The molecule has 6 heteroatoms. The van der Waals surface area contributed by atoms with Gasteiger partial charge in [0.05, 0.1) is 22.0 Å². The summed E-state index contributed by atoms with van der Waals surface area (Å²) < 4.78 is 2.43. The normalized spacial score (nSPS) is 11.4. The zero-order valence-electron chi connectivity index (χ0n) is 14.1. The molecule has 0 aliphatic carbocycles. The highest BCUT2D eigenvalue weighted by molar-refractivity contribution is 9.10. The summed E-state index contributed by atoms with van der Waals surface area (Å²) in [4.78, 5) is 17.2. The molecule has 1 heterocycles. The molecule has 25 heavy (non-hydrogen) atoms. The van der Waals surface area contributed by atoms with Gasteiger partial charge < -0.3 is 0 Å². The third-order valence-corrected chi connectivity index (χ3v) is 4.75. The van der Waals surface area contributed by atoms with Crippen LogP contribution in [0, 0.1) is 20.8 Å². The van der Waals surface area contributed by atoms with Crippen LogP contribution in [-0.4, -0.2) is 16.0 Å². The zero-order chi connectivity index (χ0) is 18.1. The van der Waals surface area contributed by atoms with E-state index in [1.807, 2.05) is 45.0 Å². The Morgan fingerprint density at radius 2 is 1.92 bits per heavy atom. The summed E-state index contributed by atoms with van der Waals surface area (Å²) >= 11 is 9.54. The molecule has 1 aromatic heterocycles. The fraction of sp³-hybridized carbons (Fsp3) is 0.158. The number of H-pyrrole nitrogens is 1. The van der Waals surface area contributed by atoms with Crippen molar-refractivity contribution >= 4 is 39.4 Å². The van der Waals surface area contributed by atoms with Gasteiger partial charge in [-0.25, -0.2) is 4.68 Å². The first-order valence-electron chi connectivity index (χ1n) is 7.75. The number of aromatic nitrogens is 2. The van der Waals surface area contributed by atoms with E-state index in [9.17, 15) is 4.79 Å². The van der Waals surface area contributed by atoms with Crippen LogP contribution in [0.25, 0.3) is 5.69 Å². The minimum atomic E-state index is -0.138. The number of aliphatic imine (C=N–C) groups is 1. The smallest absolute Gasteiger partial charge is 0.280 e. The Kier molecular flexibility index (Phi) is 4.97. The second-order valence-electron chi connectivity index (χ2n) is 5.93. The van der Waals surface area contributed by atoms with E-state index in [0.29, 0.717) is 16.3 Å². The Hall–Kier alpha value is -2.11. The van der Waals surface area contributed by atoms with Crippen molar-refractivity contribution in [1.82, 2.24) is 9.78 Å². The number of aryl methyl sites for hydroxylation is 3. The molecule has 0 aliphatic rings. The van der Waals surface area contributed by atoms with Crippen LogP contribution in [0.4, 0.5) is 5.69 Å². The lowest BCUT2D eigenvalue weighted by Gasteiger charge is -2.06. The van der Waals surface area contributed by atoms with Crippen LogP contribution in [0.15, 0.2) is 50.7 Å². The van der Waals surface area contributed by atoms with E-state index in [2.05, 4.69) is 26.0 Å². The first-order valence-corrected chi connectivity index (χ1v) is 8.92. The first kappa shape index (κ1) is 17.7. The van der Waals surface area contributed by atoms with E-state index < -0.39 is 0 Å². The molecule has 4 nitrogen and oxygen atoms in total. The van der Waals surface area contributed by atoms with E-state index in [1.54, 1.807) is 23.0 Å². The maximum absolute atomic E-state index is 12.8. The molecule has 0 saturated carbocycles. The number of nitrogens with zero attached hydrogens (tertiary/aromatic N) is 2. The van der Waals surface area contributed by atoms with E-state index in [0.717, 1.165) is 27.0 Å². The van der Waals surface area contributed by atoms with Crippen molar-refractivity contribution in [2.45, 2.75) is 20.8 Å². The maximum atomic E-state index is 12.8. The number of benzene rings is 2. The van der Waals surface area contributed by atoms with Crippen LogP contribution in [0.3, 0.4) is 0 Å². The number of hydrogen-bond donors (Lipinski definition) is 1. The number of halogens is 2. The number of hydrogen-bond acceptors (Lipinski definition) is 2. The molecule has 0 radical (unpaired) electrons. The van der Waals surface area contributed by atoms with Crippen molar-refractivity contribution in [3.05, 3.63) is 78.6 Å². The molecule has 0 aliphatic heterocycles. The van der Waals surface area contributed by atoms with Crippen molar-refractivity contribution in [2.75, 3.05) is 0 Å². The van der Waals surface area contributed by atoms with Crippen LogP contribution in [0.5, 0.6) is 0 Å². The van der Waals surface area contributed by atoms with Gasteiger partial charge in [-0.1, -0.05) is 45.2 Å². The van der Waals surface area contributed by atoms with Gasteiger partial charge in [0.15, 0.2) is 0 Å². The van der Waals surface area contributed by atoms with Crippen LogP contribution in [-0.2, 0) is 0 Å². The monoisotopic (exact) mass is 417 g/mol. The average Bonchev–Trinajstić information content (AvgIpc) is 2.81. The summed E-state index contributed by atoms with van der Waals surface area (Å²) in [5.74, 6) is 0. The summed E-state index contributed by atoms with van der Waals surface area (Å²) in [6.07, 6.45) is 1.56. The molecule has 0 atom stereocenters. The van der Waals surface area contributed by atoms with Gasteiger partial charge >= 0.3 is 0 Å². The van der Waals surface area contributed by atoms with Crippen molar-refractivity contribution in [1.29, 1.82) is 0 Å². The lowest BCUT2D eigenvalue weighted by molar-refractivity contribution is 0.828. The predicted octanol–water partition coefficient (Wildman–Crippen LogP) is 5.26. The van der Waals surface area contributed by atoms with Crippen LogP contribution in [0.2, 0.25) is 5.02 Å². The van der Waals surface area contributed by atoms with E-state index in [1.165, 1.54) is 0 Å². The summed E-state index contributed by atoms with van der Waals surface area (Å²) in [6, 6.07) is 11.4. The quantitative estimate of drug-likeness (QED) is 0.580. The topological polar surface area (TPSA) is 50.1 Å². The fourth-order valence-corrected chi connectivity index (χ4v) is 3.38. The Bertz CT molecular complexity index is 1030. The second kappa shape index (κ2) is 7.02. The second-order valence-corrected chi connectivity index (χ2v) is 7.26. The highest BCUT2D eigenvalue weighted by Crippen LogP contribution is 2.28.